The summed E-state index contributed by atoms with van der Waals surface area (Å²) in [7, 11) is 0. The fourth-order valence-electron chi connectivity index (χ4n) is 3.56. The summed E-state index contributed by atoms with van der Waals surface area (Å²) in [6, 6.07) is 0.390. The second-order valence-corrected chi connectivity index (χ2v) is 8.62. The summed E-state index contributed by atoms with van der Waals surface area (Å²) in [5.74, 6) is 6.94. The predicted octanol–water partition coefficient (Wildman–Crippen LogP) is 3.03. The van der Waals surface area contributed by atoms with Gasteiger partial charge in [-0.25, -0.2) is 0 Å². The number of hydrogen-bond acceptors (Lipinski definition) is 4. The number of nitrogens with zero attached hydrogens (tertiary/aromatic N) is 4. The molecule has 0 radical (unpaired) electrons. The highest BCUT2D eigenvalue weighted by molar-refractivity contribution is 14.0. The van der Waals surface area contributed by atoms with E-state index in [1.807, 2.05) is 0 Å². The molecule has 3 rings (SSSR count). The fraction of sp³-hybridized carbons (Fsp3) is 0.833. The van der Waals surface area contributed by atoms with Crippen molar-refractivity contribution in [3.8, 4) is 0 Å². The van der Waals surface area contributed by atoms with Crippen LogP contribution in [0, 0.1) is 5.92 Å². The minimum atomic E-state index is 0. The van der Waals surface area contributed by atoms with Crippen LogP contribution >= 0.6 is 35.7 Å². The molecule has 6 nitrogen and oxygen atoms in total. The Morgan fingerprint density at radius 1 is 1.27 bits per heavy atom. The average molecular weight is 492 g/mol. The molecule has 0 spiro atoms. The van der Waals surface area contributed by atoms with E-state index in [-0.39, 0.29) is 24.0 Å². The number of hydrogen-bond donors (Lipinski definition) is 2. The standard InChI is InChI=1S/C18H32N6S.HI/c1-4-19-18(20-11-14-7-9-25-10-8-14)21-15-5-6-16-22-23-17(13(2)3)24(16)12-15;/h13-15H,4-12H2,1-3H3,(H2,19,20,21);1H. The number of halogens is 1. The van der Waals surface area contributed by atoms with Crippen LogP contribution in [-0.4, -0.2) is 51.4 Å². The minimum absolute atomic E-state index is 0. The van der Waals surface area contributed by atoms with Gasteiger partial charge in [0.05, 0.1) is 0 Å². The summed E-state index contributed by atoms with van der Waals surface area (Å²) in [6.07, 6.45) is 4.68. The van der Waals surface area contributed by atoms with Crippen LogP contribution in [0.25, 0.3) is 0 Å². The molecule has 26 heavy (non-hydrogen) atoms. The summed E-state index contributed by atoms with van der Waals surface area (Å²) in [4.78, 5) is 4.88. The van der Waals surface area contributed by atoms with Crippen LogP contribution < -0.4 is 10.6 Å². The van der Waals surface area contributed by atoms with Gasteiger partial charge in [-0.2, -0.15) is 11.8 Å². The van der Waals surface area contributed by atoms with Crippen molar-refractivity contribution in [3.63, 3.8) is 0 Å². The van der Waals surface area contributed by atoms with Gasteiger partial charge in [0.1, 0.15) is 11.6 Å². The van der Waals surface area contributed by atoms with Gasteiger partial charge < -0.3 is 15.2 Å². The molecule has 3 heterocycles. The zero-order valence-electron chi connectivity index (χ0n) is 16.2. The third kappa shape index (κ3) is 5.74. The first-order valence-corrected chi connectivity index (χ1v) is 10.9. The average Bonchev–Trinajstić information content (AvgIpc) is 3.04. The van der Waals surface area contributed by atoms with Gasteiger partial charge in [0.15, 0.2) is 5.96 Å². The van der Waals surface area contributed by atoms with Gasteiger partial charge in [-0.3, -0.25) is 4.99 Å². The van der Waals surface area contributed by atoms with E-state index in [9.17, 15) is 0 Å². The Hall–Kier alpha value is -0.510. The van der Waals surface area contributed by atoms with E-state index in [1.54, 1.807) is 0 Å². The topological polar surface area (TPSA) is 67.1 Å². The van der Waals surface area contributed by atoms with Crippen LogP contribution in [0.2, 0.25) is 0 Å². The lowest BCUT2D eigenvalue weighted by molar-refractivity contribution is 0.407. The Morgan fingerprint density at radius 2 is 2.04 bits per heavy atom. The maximum Gasteiger partial charge on any atom is 0.191 e. The van der Waals surface area contributed by atoms with Gasteiger partial charge in [0, 0.05) is 38.0 Å². The molecular formula is C18H33IN6S. The largest absolute Gasteiger partial charge is 0.357 e. The second-order valence-electron chi connectivity index (χ2n) is 7.40. The van der Waals surface area contributed by atoms with E-state index < -0.39 is 0 Å². The molecule has 0 aliphatic carbocycles. The van der Waals surface area contributed by atoms with E-state index >= 15 is 0 Å². The predicted molar refractivity (Wildman–Crippen MR) is 121 cm³/mol. The number of guanidine groups is 1. The van der Waals surface area contributed by atoms with Crippen LogP contribution in [0.15, 0.2) is 4.99 Å². The number of aliphatic imine (C=N–C) groups is 1. The molecule has 2 N–H and O–H groups in total. The Kier molecular flexibility index (Phi) is 8.99. The number of nitrogens with one attached hydrogen (secondary N) is 2. The zero-order chi connectivity index (χ0) is 17.6. The smallest absolute Gasteiger partial charge is 0.191 e. The molecule has 0 saturated carbocycles. The lowest BCUT2D eigenvalue weighted by atomic mass is 10.0. The van der Waals surface area contributed by atoms with Crippen molar-refractivity contribution in [2.45, 2.75) is 65.0 Å². The lowest BCUT2D eigenvalue weighted by Gasteiger charge is -2.28. The maximum absolute atomic E-state index is 4.88. The van der Waals surface area contributed by atoms with Crippen LogP contribution in [0.1, 0.15) is 57.6 Å². The van der Waals surface area contributed by atoms with Crippen molar-refractivity contribution >= 4 is 41.7 Å². The molecule has 0 amide bonds. The van der Waals surface area contributed by atoms with Crippen molar-refractivity contribution in [2.24, 2.45) is 10.9 Å². The van der Waals surface area contributed by atoms with E-state index in [1.165, 1.54) is 24.3 Å². The molecule has 1 fully saturated rings. The third-order valence-corrected chi connectivity index (χ3v) is 6.07. The summed E-state index contributed by atoms with van der Waals surface area (Å²) in [5, 5.41) is 15.8. The van der Waals surface area contributed by atoms with Gasteiger partial charge in [-0.1, -0.05) is 13.8 Å². The van der Waals surface area contributed by atoms with E-state index in [0.717, 1.165) is 56.0 Å². The molecular weight excluding hydrogens is 459 g/mol. The highest BCUT2D eigenvalue weighted by Crippen LogP contribution is 2.23. The monoisotopic (exact) mass is 492 g/mol. The van der Waals surface area contributed by atoms with Crippen molar-refractivity contribution in [1.82, 2.24) is 25.4 Å². The molecule has 1 atom stereocenters. The minimum Gasteiger partial charge on any atom is -0.357 e. The van der Waals surface area contributed by atoms with Gasteiger partial charge in [0.25, 0.3) is 0 Å². The molecule has 0 bridgehead atoms. The van der Waals surface area contributed by atoms with Crippen LogP contribution in [0.4, 0.5) is 0 Å². The van der Waals surface area contributed by atoms with Crippen molar-refractivity contribution in [2.75, 3.05) is 24.6 Å². The molecule has 8 heteroatoms. The zero-order valence-corrected chi connectivity index (χ0v) is 19.3. The maximum atomic E-state index is 4.88. The van der Waals surface area contributed by atoms with Gasteiger partial charge in [-0.15, -0.1) is 34.2 Å². The van der Waals surface area contributed by atoms with Crippen LogP contribution in [0.3, 0.4) is 0 Å². The summed E-state index contributed by atoms with van der Waals surface area (Å²) in [5.41, 5.74) is 0. The van der Waals surface area contributed by atoms with Crippen molar-refractivity contribution < 1.29 is 0 Å². The summed E-state index contributed by atoms with van der Waals surface area (Å²) < 4.78 is 2.30. The van der Waals surface area contributed by atoms with Crippen LogP contribution in [-0.2, 0) is 13.0 Å². The highest BCUT2D eigenvalue weighted by atomic mass is 127. The summed E-state index contributed by atoms with van der Waals surface area (Å²) in [6.45, 7) is 9.26. The first-order chi connectivity index (χ1) is 12.2. The van der Waals surface area contributed by atoms with Crippen LogP contribution in [0.5, 0.6) is 0 Å². The highest BCUT2D eigenvalue weighted by Gasteiger charge is 2.24. The van der Waals surface area contributed by atoms with Gasteiger partial charge in [0.2, 0.25) is 0 Å². The first-order valence-electron chi connectivity index (χ1n) is 9.72. The van der Waals surface area contributed by atoms with E-state index in [0.29, 0.717) is 12.0 Å². The lowest BCUT2D eigenvalue weighted by Crippen LogP contribution is -2.47. The Morgan fingerprint density at radius 3 is 2.73 bits per heavy atom. The molecule has 1 aromatic rings. The van der Waals surface area contributed by atoms with E-state index in [4.69, 9.17) is 4.99 Å². The van der Waals surface area contributed by atoms with E-state index in [2.05, 4.69) is 57.9 Å². The number of thioether (sulfide) groups is 1. The molecule has 1 unspecified atom stereocenters. The quantitative estimate of drug-likeness (QED) is 0.376. The SMILES string of the molecule is CCNC(=NCC1CCSCC1)NC1CCc2nnc(C(C)C)n2C1.I. The number of aryl methyl sites for hydroxylation is 1. The number of rotatable bonds is 5. The second kappa shape index (κ2) is 10.7. The van der Waals surface area contributed by atoms with Crippen molar-refractivity contribution in [1.29, 1.82) is 0 Å². The molecule has 2 aliphatic heterocycles. The van der Waals surface area contributed by atoms with Gasteiger partial charge >= 0.3 is 0 Å². The van der Waals surface area contributed by atoms with Crippen molar-refractivity contribution in [3.05, 3.63) is 11.6 Å². The number of aromatic nitrogens is 3. The molecule has 148 valence electrons. The normalized spacial score (nSPS) is 21.2. The fourth-order valence-corrected chi connectivity index (χ4v) is 4.76. The third-order valence-electron chi connectivity index (χ3n) is 5.03. The molecule has 0 aromatic carbocycles. The Balaban J connectivity index is 0.00000243. The number of fused-ring (bicyclic) bond motifs is 1. The summed E-state index contributed by atoms with van der Waals surface area (Å²) >= 11 is 2.08. The molecule has 2 aliphatic rings. The molecule has 1 saturated heterocycles. The Labute approximate surface area is 178 Å². The Bertz CT molecular complexity index is 582. The van der Waals surface area contributed by atoms with Gasteiger partial charge in [-0.05, 0) is 43.6 Å². The molecule has 1 aromatic heterocycles. The first kappa shape index (κ1) is 21.8.